The number of nitrogens with zero attached hydrogens (tertiary/aromatic N) is 4. The maximum atomic E-state index is 12.3. The highest BCUT2D eigenvalue weighted by atomic mass is 19.4. The van der Waals surface area contributed by atoms with Crippen LogP contribution in [0.2, 0.25) is 0 Å². The van der Waals surface area contributed by atoms with Crippen LogP contribution >= 0.6 is 0 Å². The van der Waals surface area contributed by atoms with Gasteiger partial charge in [-0.1, -0.05) is 0 Å². The first-order valence-corrected chi connectivity index (χ1v) is 9.43. The molecule has 1 aliphatic heterocycles. The molecule has 0 radical (unpaired) electrons. The van der Waals surface area contributed by atoms with E-state index in [0.29, 0.717) is 35.4 Å². The molecule has 29 heavy (non-hydrogen) atoms. The molecule has 0 N–H and O–H groups in total. The topological polar surface area (TPSA) is 51.9 Å². The van der Waals surface area contributed by atoms with Gasteiger partial charge < -0.3 is 14.4 Å². The number of benzene rings is 1. The van der Waals surface area contributed by atoms with Crippen molar-refractivity contribution in [3.63, 3.8) is 0 Å². The molecule has 1 saturated heterocycles. The van der Waals surface area contributed by atoms with Gasteiger partial charge in [0.15, 0.2) is 5.65 Å². The second-order valence-electron chi connectivity index (χ2n) is 7.07. The van der Waals surface area contributed by atoms with E-state index in [4.69, 9.17) is 4.74 Å². The Hall–Kier alpha value is -2.81. The minimum atomic E-state index is -4.72. The highest BCUT2D eigenvalue weighted by molar-refractivity contribution is 5.63. The molecule has 0 saturated carbocycles. The number of hydrogen-bond acceptors (Lipinski definition) is 5. The van der Waals surface area contributed by atoms with Gasteiger partial charge in [0.25, 0.3) is 0 Å². The second kappa shape index (κ2) is 7.90. The first kappa shape index (κ1) is 19.5. The van der Waals surface area contributed by atoms with Crippen molar-refractivity contribution >= 4 is 5.65 Å². The van der Waals surface area contributed by atoms with Gasteiger partial charge in [-0.3, -0.25) is 0 Å². The predicted octanol–water partition coefficient (Wildman–Crippen LogP) is 4.16. The third-order valence-corrected chi connectivity index (χ3v) is 5.09. The zero-order chi connectivity index (χ0) is 20.4. The molecule has 1 aliphatic rings. The van der Waals surface area contributed by atoms with Crippen molar-refractivity contribution in [1.82, 2.24) is 19.5 Å². The van der Waals surface area contributed by atoms with Crippen LogP contribution in [0.1, 0.15) is 19.3 Å². The van der Waals surface area contributed by atoms with E-state index in [0.717, 1.165) is 13.0 Å². The molecule has 0 amide bonds. The molecule has 154 valence electrons. The predicted molar refractivity (Wildman–Crippen MR) is 101 cm³/mol. The zero-order valence-electron chi connectivity index (χ0n) is 15.9. The molecule has 1 aromatic carbocycles. The summed E-state index contributed by atoms with van der Waals surface area (Å²) >= 11 is 0. The largest absolute Gasteiger partial charge is 0.573 e. The highest BCUT2D eigenvalue weighted by Crippen LogP contribution is 2.27. The molecule has 3 aromatic rings. The highest BCUT2D eigenvalue weighted by Gasteiger charge is 2.31. The van der Waals surface area contributed by atoms with Gasteiger partial charge in [0.2, 0.25) is 5.88 Å². The Balaban J connectivity index is 1.48. The molecule has 9 heteroatoms. The average molecular weight is 406 g/mol. The van der Waals surface area contributed by atoms with Crippen LogP contribution in [-0.4, -0.2) is 52.1 Å². The Bertz CT molecular complexity index is 972. The van der Waals surface area contributed by atoms with Crippen molar-refractivity contribution in [1.29, 1.82) is 0 Å². The summed E-state index contributed by atoms with van der Waals surface area (Å²) in [7, 11) is 2.13. The number of aromatic nitrogens is 3. The lowest BCUT2D eigenvalue weighted by Gasteiger charge is -2.19. The van der Waals surface area contributed by atoms with Crippen molar-refractivity contribution in [2.75, 3.05) is 20.2 Å². The van der Waals surface area contributed by atoms with E-state index in [2.05, 4.69) is 26.8 Å². The Morgan fingerprint density at radius 3 is 2.62 bits per heavy atom. The summed E-state index contributed by atoms with van der Waals surface area (Å²) in [4.78, 5) is 6.65. The molecule has 2 aromatic heterocycles. The van der Waals surface area contributed by atoms with Crippen LogP contribution in [0.3, 0.4) is 0 Å². The second-order valence-corrected chi connectivity index (χ2v) is 7.07. The number of hydrogen-bond donors (Lipinski definition) is 0. The fraction of sp³-hybridized carbons (Fsp3) is 0.400. The summed E-state index contributed by atoms with van der Waals surface area (Å²) in [6.45, 7) is 1.70. The van der Waals surface area contributed by atoms with Crippen LogP contribution in [-0.2, 0) is 0 Å². The van der Waals surface area contributed by atoms with Gasteiger partial charge in [0.05, 0.1) is 18.5 Å². The normalized spacial score (nSPS) is 17.7. The molecule has 3 heterocycles. The van der Waals surface area contributed by atoms with Crippen LogP contribution in [0.4, 0.5) is 13.2 Å². The number of alkyl halides is 3. The number of imidazole rings is 1. The van der Waals surface area contributed by atoms with Gasteiger partial charge in [-0.2, -0.15) is 0 Å². The maximum Gasteiger partial charge on any atom is 0.573 e. The van der Waals surface area contributed by atoms with Crippen molar-refractivity contribution in [2.24, 2.45) is 0 Å². The molecule has 1 fully saturated rings. The molecule has 1 atom stereocenters. The molecule has 0 bridgehead atoms. The van der Waals surface area contributed by atoms with Crippen LogP contribution in [0.15, 0.2) is 42.6 Å². The van der Waals surface area contributed by atoms with Gasteiger partial charge in [-0.25, -0.2) is 9.50 Å². The van der Waals surface area contributed by atoms with Crippen LogP contribution in [0.25, 0.3) is 16.9 Å². The first-order chi connectivity index (χ1) is 13.9. The van der Waals surface area contributed by atoms with E-state index < -0.39 is 6.36 Å². The number of ether oxygens (including phenoxy) is 2. The minimum Gasteiger partial charge on any atom is -0.477 e. The molecule has 1 unspecified atom stereocenters. The quantitative estimate of drug-likeness (QED) is 0.615. The Labute approximate surface area is 165 Å². The van der Waals surface area contributed by atoms with Crippen molar-refractivity contribution in [2.45, 2.75) is 31.7 Å². The number of likely N-dealkylation sites (tertiary alicyclic amines) is 1. The maximum absolute atomic E-state index is 12.3. The van der Waals surface area contributed by atoms with Crippen LogP contribution in [0, 0.1) is 0 Å². The number of rotatable bonds is 6. The lowest BCUT2D eigenvalue weighted by Crippen LogP contribution is -2.26. The fourth-order valence-corrected chi connectivity index (χ4v) is 3.60. The Kier molecular flexibility index (Phi) is 5.31. The van der Waals surface area contributed by atoms with Gasteiger partial charge in [-0.05, 0) is 63.2 Å². The van der Waals surface area contributed by atoms with E-state index >= 15 is 0 Å². The number of halogens is 3. The molecule has 4 rings (SSSR count). The smallest absolute Gasteiger partial charge is 0.477 e. The zero-order valence-corrected chi connectivity index (χ0v) is 15.9. The standard InChI is InChI=1S/C20H21F3N4O2/c1-26-11-2-3-15(26)10-12-28-19-9-8-18-24-13-17(27(18)25-19)14-4-6-16(7-5-14)29-20(21,22)23/h4-9,13,15H,2-3,10-12H2,1H3. The number of fused-ring (bicyclic) bond motifs is 1. The molecule has 0 aliphatic carbocycles. The average Bonchev–Trinajstić information content (AvgIpc) is 3.27. The molecule has 6 nitrogen and oxygen atoms in total. The third-order valence-electron chi connectivity index (χ3n) is 5.09. The lowest BCUT2D eigenvalue weighted by molar-refractivity contribution is -0.274. The van der Waals surface area contributed by atoms with Gasteiger partial charge in [0, 0.05) is 17.7 Å². The van der Waals surface area contributed by atoms with Gasteiger partial charge >= 0.3 is 6.36 Å². The summed E-state index contributed by atoms with van der Waals surface area (Å²) in [6, 6.07) is 9.71. The lowest BCUT2D eigenvalue weighted by atomic mass is 10.1. The molecular weight excluding hydrogens is 385 g/mol. The minimum absolute atomic E-state index is 0.274. The van der Waals surface area contributed by atoms with Crippen LogP contribution < -0.4 is 9.47 Å². The van der Waals surface area contributed by atoms with Crippen LogP contribution in [0.5, 0.6) is 11.6 Å². The van der Waals surface area contributed by atoms with Crippen molar-refractivity contribution < 1.29 is 22.6 Å². The molecular formula is C20H21F3N4O2. The summed E-state index contributed by atoms with van der Waals surface area (Å²) in [5.41, 5.74) is 1.95. The summed E-state index contributed by atoms with van der Waals surface area (Å²) < 4.78 is 48.3. The molecule has 0 spiro atoms. The summed E-state index contributed by atoms with van der Waals surface area (Å²) in [5, 5.41) is 4.48. The Morgan fingerprint density at radius 1 is 1.14 bits per heavy atom. The fourth-order valence-electron chi connectivity index (χ4n) is 3.60. The summed E-state index contributed by atoms with van der Waals surface area (Å²) in [5.74, 6) is 0.207. The van der Waals surface area contributed by atoms with E-state index in [1.54, 1.807) is 22.8 Å². The Morgan fingerprint density at radius 2 is 1.93 bits per heavy atom. The monoisotopic (exact) mass is 406 g/mol. The summed E-state index contributed by atoms with van der Waals surface area (Å²) in [6.07, 6.45) is 0.251. The van der Waals surface area contributed by atoms with Crippen molar-refractivity contribution in [3.05, 3.63) is 42.6 Å². The SMILES string of the molecule is CN1CCCC1CCOc1ccc2ncc(-c3ccc(OC(F)(F)F)cc3)n2n1. The van der Waals surface area contributed by atoms with E-state index in [-0.39, 0.29) is 5.75 Å². The third kappa shape index (κ3) is 4.61. The van der Waals surface area contributed by atoms with E-state index in [1.807, 2.05) is 0 Å². The van der Waals surface area contributed by atoms with Gasteiger partial charge in [-0.15, -0.1) is 18.3 Å². The first-order valence-electron chi connectivity index (χ1n) is 9.43. The van der Waals surface area contributed by atoms with E-state index in [9.17, 15) is 13.2 Å². The van der Waals surface area contributed by atoms with E-state index in [1.165, 1.54) is 37.1 Å². The van der Waals surface area contributed by atoms with Gasteiger partial charge in [0.1, 0.15) is 5.75 Å². The van der Waals surface area contributed by atoms with Crippen molar-refractivity contribution in [3.8, 4) is 22.9 Å².